The van der Waals surface area contributed by atoms with Crippen LogP contribution in [0.1, 0.15) is 26.5 Å². The summed E-state index contributed by atoms with van der Waals surface area (Å²) >= 11 is 1.72. The molecule has 0 aliphatic heterocycles. The van der Waals surface area contributed by atoms with E-state index < -0.39 is 0 Å². The van der Waals surface area contributed by atoms with E-state index >= 15 is 0 Å². The molecule has 0 amide bonds. The number of imidazole rings is 1. The van der Waals surface area contributed by atoms with E-state index in [1.54, 1.807) is 11.3 Å². The Hall–Kier alpha value is -1.81. The molecule has 104 valence electrons. The van der Waals surface area contributed by atoms with E-state index in [0.29, 0.717) is 0 Å². The Balaban J connectivity index is 2.29. The maximum absolute atomic E-state index is 4.81. The van der Waals surface area contributed by atoms with Gasteiger partial charge in [-0.3, -0.25) is 4.40 Å². The Morgan fingerprint density at radius 2 is 1.95 bits per heavy atom. The highest BCUT2D eigenvalue weighted by Gasteiger charge is 2.20. The van der Waals surface area contributed by atoms with Crippen LogP contribution >= 0.6 is 11.3 Å². The van der Waals surface area contributed by atoms with Gasteiger partial charge in [0.15, 0.2) is 0 Å². The van der Waals surface area contributed by atoms with Crippen molar-refractivity contribution in [3.8, 4) is 10.6 Å². The fourth-order valence-electron chi connectivity index (χ4n) is 2.31. The molecular weight excluding hydrogens is 266 g/mol. The molecular formula is C16H19N3S. The lowest BCUT2D eigenvalue weighted by Gasteiger charge is -2.23. The molecule has 3 heterocycles. The van der Waals surface area contributed by atoms with E-state index in [1.165, 1.54) is 10.6 Å². The first-order valence-corrected chi connectivity index (χ1v) is 7.64. The average molecular weight is 285 g/mol. The van der Waals surface area contributed by atoms with Crippen molar-refractivity contribution in [2.75, 3.05) is 5.32 Å². The first kappa shape index (κ1) is 13.2. The number of hydrogen-bond acceptors (Lipinski definition) is 3. The van der Waals surface area contributed by atoms with Crippen LogP contribution in [0.3, 0.4) is 0 Å². The molecule has 0 atom stereocenters. The topological polar surface area (TPSA) is 29.3 Å². The van der Waals surface area contributed by atoms with E-state index in [0.717, 1.165) is 17.2 Å². The van der Waals surface area contributed by atoms with Gasteiger partial charge in [0.2, 0.25) is 0 Å². The van der Waals surface area contributed by atoms with Crippen molar-refractivity contribution in [2.45, 2.75) is 33.2 Å². The summed E-state index contributed by atoms with van der Waals surface area (Å²) in [4.78, 5) is 6.01. The monoisotopic (exact) mass is 285 g/mol. The molecule has 3 rings (SSSR count). The van der Waals surface area contributed by atoms with Crippen LogP contribution in [-0.4, -0.2) is 14.9 Å². The number of anilines is 1. The van der Waals surface area contributed by atoms with Gasteiger partial charge in [-0.05, 0) is 51.3 Å². The molecule has 3 aromatic rings. The van der Waals surface area contributed by atoms with Gasteiger partial charge in [-0.1, -0.05) is 12.1 Å². The van der Waals surface area contributed by atoms with Crippen molar-refractivity contribution < 1.29 is 0 Å². The highest BCUT2D eigenvalue weighted by atomic mass is 32.1. The Morgan fingerprint density at radius 1 is 1.15 bits per heavy atom. The summed E-state index contributed by atoms with van der Waals surface area (Å²) in [7, 11) is 0. The fourth-order valence-corrected chi connectivity index (χ4v) is 3.02. The number of aryl methyl sites for hydroxylation is 1. The van der Waals surface area contributed by atoms with Crippen molar-refractivity contribution in [1.82, 2.24) is 9.38 Å². The second-order valence-electron chi connectivity index (χ2n) is 6.02. The molecule has 0 spiro atoms. The predicted octanol–water partition coefficient (Wildman–Crippen LogP) is 4.58. The van der Waals surface area contributed by atoms with Gasteiger partial charge in [-0.2, -0.15) is 0 Å². The van der Waals surface area contributed by atoms with Gasteiger partial charge in [-0.25, -0.2) is 4.98 Å². The molecule has 0 fully saturated rings. The Labute approximate surface area is 123 Å². The van der Waals surface area contributed by atoms with Crippen LogP contribution in [0.4, 0.5) is 5.82 Å². The van der Waals surface area contributed by atoms with Crippen LogP contribution < -0.4 is 5.32 Å². The lowest BCUT2D eigenvalue weighted by Crippen LogP contribution is -2.27. The minimum absolute atomic E-state index is 0.00967. The third kappa shape index (κ3) is 2.31. The molecule has 3 nitrogen and oxygen atoms in total. The maximum atomic E-state index is 4.81. The fraction of sp³-hybridized carbons (Fsp3) is 0.312. The molecule has 0 bridgehead atoms. The summed E-state index contributed by atoms with van der Waals surface area (Å²) in [6.45, 7) is 8.62. The van der Waals surface area contributed by atoms with E-state index in [9.17, 15) is 0 Å². The first-order valence-electron chi connectivity index (χ1n) is 6.76. The third-order valence-corrected chi connectivity index (χ3v) is 3.96. The quantitative estimate of drug-likeness (QED) is 0.746. The number of hydrogen-bond donors (Lipinski definition) is 1. The van der Waals surface area contributed by atoms with Crippen molar-refractivity contribution in [2.24, 2.45) is 0 Å². The van der Waals surface area contributed by atoms with Crippen LogP contribution in [0.5, 0.6) is 0 Å². The van der Waals surface area contributed by atoms with Gasteiger partial charge in [0.25, 0.3) is 0 Å². The van der Waals surface area contributed by atoms with Crippen molar-refractivity contribution in [1.29, 1.82) is 0 Å². The zero-order valence-corrected chi connectivity index (χ0v) is 13.1. The number of pyridine rings is 1. The van der Waals surface area contributed by atoms with Gasteiger partial charge in [0.1, 0.15) is 17.2 Å². The minimum Gasteiger partial charge on any atom is -0.365 e. The summed E-state index contributed by atoms with van der Waals surface area (Å²) in [6.07, 6.45) is 0. The Kier molecular flexibility index (Phi) is 3.05. The SMILES string of the molecule is Cc1cccc2nc(-c3cccs3)c(NC(C)(C)C)n12. The Morgan fingerprint density at radius 3 is 2.60 bits per heavy atom. The highest BCUT2D eigenvalue weighted by molar-refractivity contribution is 7.13. The van der Waals surface area contributed by atoms with Crippen LogP contribution in [0.15, 0.2) is 35.7 Å². The van der Waals surface area contributed by atoms with Gasteiger partial charge < -0.3 is 5.32 Å². The molecule has 0 aromatic carbocycles. The van der Waals surface area contributed by atoms with Gasteiger partial charge in [0.05, 0.1) is 4.88 Å². The predicted molar refractivity (Wildman–Crippen MR) is 86.6 cm³/mol. The van der Waals surface area contributed by atoms with Crippen molar-refractivity contribution in [3.63, 3.8) is 0 Å². The molecule has 0 radical (unpaired) electrons. The molecule has 0 unspecified atom stereocenters. The number of nitrogens with one attached hydrogen (secondary N) is 1. The molecule has 3 aromatic heterocycles. The largest absolute Gasteiger partial charge is 0.365 e. The standard InChI is InChI=1S/C16H19N3S/c1-11-7-5-9-13-17-14(12-8-6-10-20-12)15(19(11)13)18-16(2,3)4/h5-10,18H,1-4H3. The second kappa shape index (κ2) is 4.63. The molecule has 0 aliphatic rings. The number of aromatic nitrogens is 2. The summed E-state index contributed by atoms with van der Waals surface area (Å²) in [5.41, 5.74) is 3.19. The molecule has 0 saturated heterocycles. The lowest BCUT2D eigenvalue weighted by atomic mass is 10.1. The van der Waals surface area contributed by atoms with Gasteiger partial charge in [-0.15, -0.1) is 11.3 Å². The zero-order chi connectivity index (χ0) is 14.3. The third-order valence-electron chi connectivity index (χ3n) is 3.09. The normalized spacial score (nSPS) is 12.0. The first-order chi connectivity index (χ1) is 9.46. The van der Waals surface area contributed by atoms with Crippen LogP contribution in [-0.2, 0) is 0 Å². The van der Waals surface area contributed by atoms with Crippen LogP contribution in [0.2, 0.25) is 0 Å². The molecule has 4 heteroatoms. The van der Waals surface area contributed by atoms with Crippen molar-refractivity contribution >= 4 is 22.8 Å². The summed E-state index contributed by atoms with van der Waals surface area (Å²) in [5.74, 6) is 1.08. The van der Waals surface area contributed by atoms with Crippen LogP contribution in [0.25, 0.3) is 16.2 Å². The van der Waals surface area contributed by atoms with Gasteiger partial charge in [0, 0.05) is 11.2 Å². The smallest absolute Gasteiger partial charge is 0.140 e. The van der Waals surface area contributed by atoms with E-state index in [1.807, 2.05) is 0 Å². The highest BCUT2D eigenvalue weighted by Crippen LogP contribution is 2.34. The number of fused-ring (bicyclic) bond motifs is 1. The molecule has 0 saturated carbocycles. The molecule has 0 aliphatic carbocycles. The Bertz CT molecular complexity index is 733. The van der Waals surface area contributed by atoms with Gasteiger partial charge >= 0.3 is 0 Å². The van der Waals surface area contributed by atoms with Crippen molar-refractivity contribution in [3.05, 3.63) is 41.4 Å². The summed E-state index contributed by atoms with van der Waals surface area (Å²) in [5, 5.41) is 5.70. The zero-order valence-electron chi connectivity index (χ0n) is 12.3. The van der Waals surface area contributed by atoms with E-state index in [2.05, 4.69) is 73.1 Å². The number of thiophene rings is 1. The number of rotatable bonds is 2. The summed E-state index contributed by atoms with van der Waals surface area (Å²) < 4.78 is 2.19. The maximum Gasteiger partial charge on any atom is 0.140 e. The van der Waals surface area contributed by atoms with E-state index in [4.69, 9.17) is 4.98 Å². The lowest BCUT2D eigenvalue weighted by molar-refractivity contribution is 0.629. The summed E-state index contributed by atoms with van der Waals surface area (Å²) in [6, 6.07) is 10.4. The minimum atomic E-state index is -0.00967. The average Bonchev–Trinajstić information content (AvgIpc) is 2.95. The second-order valence-corrected chi connectivity index (χ2v) is 6.97. The van der Waals surface area contributed by atoms with Crippen LogP contribution in [0, 0.1) is 6.92 Å². The number of nitrogens with zero attached hydrogens (tertiary/aromatic N) is 2. The van der Waals surface area contributed by atoms with E-state index in [-0.39, 0.29) is 5.54 Å². The molecule has 1 N–H and O–H groups in total. The molecule has 20 heavy (non-hydrogen) atoms.